The molecule has 0 fully saturated rings. The highest BCUT2D eigenvalue weighted by Crippen LogP contribution is 2.21. The first-order valence-corrected chi connectivity index (χ1v) is 11.0. The highest BCUT2D eigenvalue weighted by atomic mass is 32.2. The van der Waals surface area contributed by atoms with Crippen LogP contribution in [-0.2, 0) is 10.0 Å². The number of benzene rings is 3. The second kappa shape index (κ2) is 9.72. The van der Waals surface area contributed by atoms with Crippen molar-refractivity contribution in [1.29, 1.82) is 0 Å². The molecule has 0 saturated heterocycles. The third-order valence-electron chi connectivity index (χ3n) is 4.62. The van der Waals surface area contributed by atoms with Crippen LogP contribution in [0, 0.1) is 5.82 Å². The number of para-hydroxylation sites is 1. The quantitative estimate of drug-likeness (QED) is 0.578. The summed E-state index contributed by atoms with van der Waals surface area (Å²) in [5, 5.41) is 2.85. The van der Waals surface area contributed by atoms with E-state index < -0.39 is 27.8 Å². The molecule has 1 N–H and O–H groups in total. The summed E-state index contributed by atoms with van der Waals surface area (Å²) in [6.07, 6.45) is 0. The number of rotatable bonds is 8. The number of sulfonamides is 1. The van der Waals surface area contributed by atoms with Crippen molar-refractivity contribution in [2.45, 2.75) is 10.9 Å². The molecule has 0 aliphatic heterocycles. The van der Waals surface area contributed by atoms with Crippen LogP contribution in [0.1, 0.15) is 22.0 Å². The van der Waals surface area contributed by atoms with Crippen LogP contribution < -0.4 is 10.1 Å². The van der Waals surface area contributed by atoms with E-state index in [1.54, 1.807) is 12.1 Å². The molecule has 31 heavy (non-hydrogen) atoms. The number of nitrogens with one attached hydrogen (secondary N) is 1. The van der Waals surface area contributed by atoms with E-state index >= 15 is 0 Å². The van der Waals surface area contributed by atoms with Gasteiger partial charge < -0.3 is 10.1 Å². The Morgan fingerprint density at radius 3 is 2.35 bits per heavy atom. The third kappa shape index (κ3) is 5.48. The molecule has 1 atom stereocenters. The number of carbonyl (C=O) groups excluding carboxylic acids is 1. The van der Waals surface area contributed by atoms with Gasteiger partial charge in [0.05, 0.1) is 10.9 Å². The summed E-state index contributed by atoms with van der Waals surface area (Å²) in [6.45, 7) is -0.00757. The first-order chi connectivity index (χ1) is 14.8. The van der Waals surface area contributed by atoms with E-state index in [1.807, 2.05) is 30.3 Å². The number of halogens is 1. The summed E-state index contributed by atoms with van der Waals surface area (Å²) in [5.74, 6) is -0.888. The molecule has 162 valence electrons. The molecule has 8 heteroatoms. The Labute approximate surface area is 181 Å². The van der Waals surface area contributed by atoms with Crippen molar-refractivity contribution in [2.75, 3.05) is 20.7 Å². The number of ether oxygens (including phenoxy) is 1. The molecular formula is C23H23FN2O4S. The zero-order valence-electron chi connectivity index (χ0n) is 17.2. The van der Waals surface area contributed by atoms with Crippen LogP contribution in [0.15, 0.2) is 83.8 Å². The number of carbonyl (C=O) groups is 1. The van der Waals surface area contributed by atoms with Crippen LogP contribution in [-0.4, -0.2) is 39.3 Å². The molecule has 0 heterocycles. The summed E-state index contributed by atoms with van der Waals surface area (Å²) in [4.78, 5) is 12.9. The zero-order chi connectivity index (χ0) is 22.4. The number of hydrogen-bond acceptors (Lipinski definition) is 4. The van der Waals surface area contributed by atoms with Gasteiger partial charge in [0, 0.05) is 19.7 Å². The van der Waals surface area contributed by atoms with Gasteiger partial charge in [-0.3, -0.25) is 4.79 Å². The van der Waals surface area contributed by atoms with Gasteiger partial charge in [0.2, 0.25) is 10.0 Å². The second-order valence-corrected chi connectivity index (χ2v) is 9.15. The predicted molar refractivity (Wildman–Crippen MR) is 116 cm³/mol. The molecule has 3 aromatic rings. The van der Waals surface area contributed by atoms with Crippen LogP contribution in [0.5, 0.6) is 5.75 Å². The minimum atomic E-state index is -3.68. The van der Waals surface area contributed by atoms with Crippen molar-refractivity contribution >= 4 is 15.9 Å². The smallest absolute Gasteiger partial charge is 0.251 e. The molecule has 0 aliphatic carbocycles. The van der Waals surface area contributed by atoms with Gasteiger partial charge in [-0.1, -0.05) is 48.5 Å². The Bertz CT molecular complexity index is 1150. The molecule has 0 saturated carbocycles. The molecule has 6 nitrogen and oxygen atoms in total. The average Bonchev–Trinajstić information content (AvgIpc) is 2.78. The number of nitrogens with zero attached hydrogens (tertiary/aromatic N) is 1. The normalized spacial score (nSPS) is 12.4. The van der Waals surface area contributed by atoms with E-state index in [1.165, 1.54) is 50.5 Å². The minimum absolute atomic E-state index is 0.00757. The fourth-order valence-corrected chi connectivity index (χ4v) is 3.84. The monoisotopic (exact) mass is 442 g/mol. The van der Waals surface area contributed by atoms with Crippen molar-refractivity contribution in [1.82, 2.24) is 9.62 Å². The third-order valence-corrected chi connectivity index (χ3v) is 6.44. The molecule has 0 spiro atoms. The Balaban J connectivity index is 1.83. The van der Waals surface area contributed by atoms with Crippen LogP contribution in [0.2, 0.25) is 0 Å². The van der Waals surface area contributed by atoms with Gasteiger partial charge in [-0.15, -0.1) is 0 Å². The summed E-state index contributed by atoms with van der Waals surface area (Å²) in [5.41, 5.74) is 0.957. The lowest BCUT2D eigenvalue weighted by Crippen LogP contribution is -2.32. The Morgan fingerprint density at radius 1 is 1.00 bits per heavy atom. The minimum Gasteiger partial charge on any atom is -0.488 e. The van der Waals surface area contributed by atoms with Gasteiger partial charge in [0.15, 0.2) is 11.6 Å². The van der Waals surface area contributed by atoms with Crippen molar-refractivity contribution in [3.63, 3.8) is 0 Å². The van der Waals surface area contributed by atoms with Gasteiger partial charge in [0.1, 0.15) is 6.61 Å². The average molecular weight is 443 g/mol. The Kier molecular flexibility index (Phi) is 7.04. The van der Waals surface area contributed by atoms with Crippen LogP contribution >= 0.6 is 0 Å². The van der Waals surface area contributed by atoms with Gasteiger partial charge in [0.25, 0.3) is 5.91 Å². The first-order valence-electron chi connectivity index (χ1n) is 9.55. The lowest BCUT2D eigenvalue weighted by molar-refractivity contribution is 0.0920. The van der Waals surface area contributed by atoms with E-state index in [0.717, 1.165) is 9.87 Å². The van der Waals surface area contributed by atoms with Crippen LogP contribution in [0.4, 0.5) is 4.39 Å². The second-order valence-electron chi connectivity index (χ2n) is 6.99. The lowest BCUT2D eigenvalue weighted by atomic mass is 10.1. The van der Waals surface area contributed by atoms with E-state index in [2.05, 4.69) is 5.32 Å². The molecule has 3 aromatic carbocycles. The first kappa shape index (κ1) is 22.5. The van der Waals surface area contributed by atoms with Crippen molar-refractivity contribution in [2.24, 2.45) is 0 Å². The van der Waals surface area contributed by atoms with Gasteiger partial charge in [-0.2, -0.15) is 0 Å². The lowest BCUT2D eigenvalue weighted by Gasteiger charge is -2.20. The summed E-state index contributed by atoms with van der Waals surface area (Å²) < 4.78 is 45.4. The molecule has 1 amide bonds. The SMILES string of the molecule is CN(C)S(=O)(=O)c1cccc(C(=O)NC(COc2ccccc2F)c2ccccc2)c1. The van der Waals surface area contributed by atoms with Crippen LogP contribution in [0.25, 0.3) is 0 Å². The maximum absolute atomic E-state index is 13.9. The zero-order valence-corrected chi connectivity index (χ0v) is 18.0. The molecule has 0 radical (unpaired) electrons. The fourth-order valence-electron chi connectivity index (χ4n) is 2.89. The summed E-state index contributed by atoms with van der Waals surface area (Å²) >= 11 is 0. The highest BCUT2D eigenvalue weighted by Gasteiger charge is 2.21. The van der Waals surface area contributed by atoms with Gasteiger partial charge in [-0.05, 0) is 35.9 Å². The van der Waals surface area contributed by atoms with Gasteiger partial charge >= 0.3 is 0 Å². The standard InChI is InChI=1S/C23H23FN2O4S/c1-26(2)31(28,29)19-12-8-11-18(15-19)23(27)25-21(17-9-4-3-5-10-17)16-30-22-14-7-6-13-20(22)24/h3-15,21H,16H2,1-2H3,(H,25,27). The maximum atomic E-state index is 13.9. The molecule has 0 bridgehead atoms. The topological polar surface area (TPSA) is 75.7 Å². The number of amides is 1. The van der Waals surface area contributed by atoms with Crippen molar-refractivity contribution < 1.29 is 22.3 Å². The van der Waals surface area contributed by atoms with Crippen molar-refractivity contribution in [3.05, 3.63) is 95.8 Å². The Hall–Kier alpha value is -3.23. The van der Waals surface area contributed by atoms with E-state index in [9.17, 15) is 17.6 Å². The predicted octanol–water partition coefficient (Wildman–Crippen LogP) is 3.63. The molecule has 3 rings (SSSR count). The fraction of sp³-hybridized carbons (Fsp3) is 0.174. The molecular weight excluding hydrogens is 419 g/mol. The summed E-state index contributed by atoms with van der Waals surface area (Å²) in [7, 11) is -0.829. The number of hydrogen-bond donors (Lipinski definition) is 1. The van der Waals surface area contributed by atoms with E-state index in [4.69, 9.17) is 4.74 Å². The maximum Gasteiger partial charge on any atom is 0.251 e. The van der Waals surface area contributed by atoms with Crippen molar-refractivity contribution in [3.8, 4) is 5.75 Å². The van der Waals surface area contributed by atoms with Crippen LogP contribution in [0.3, 0.4) is 0 Å². The molecule has 0 aliphatic rings. The van der Waals surface area contributed by atoms with Gasteiger partial charge in [-0.25, -0.2) is 17.1 Å². The van der Waals surface area contributed by atoms with E-state index in [-0.39, 0.29) is 22.8 Å². The highest BCUT2D eigenvalue weighted by molar-refractivity contribution is 7.89. The molecule has 0 aromatic heterocycles. The molecule has 1 unspecified atom stereocenters. The van der Waals surface area contributed by atoms with E-state index in [0.29, 0.717) is 0 Å². The largest absolute Gasteiger partial charge is 0.488 e. The summed E-state index contributed by atoms with van der Waals surface area (Å²) in [6, 6.07) is 20.4. The Morgan fingerprint density at radius 2 is 1.68 bits per heavy atom.